The first-order chi connectivity index (χ1) is 18.6. The van der Waals surface area contributed by atoms with E-state index in [4.69, 9.17) is 37.9 Å². The molecule has 1 aromatic heterocycles. The van der Waals surface area contributed by atoms with Crippen molar-refractivity contribution in [1.29, 1.82) is 0 Å². The highest BCUT2D eigenvalue weighted by Gasteiger charge is 2.49. The number of aliphatic carboxylic acids is 1. The summed E-state index contributed by atoms with van der Waals surface area (Å²) in [6.45, 7) is 9.94. The van der Waals surface area contributed by atoms with Crippen LogP contribution in [-0.4, -0.2) is 65.3 Å². The Morgan fingerprint density at radius 2 is 1.92 bits per heavy atom. The molecule has 8 nitrogen and oxygen atoms in total. The molecule has 10 heteroatoms. The molecule has 1 saturated carbocycles. The number of likely N-dealkylation sites (tertiary alicyclic amines) is 1. The summed E-state index contributed by atoms with van der Waals surface area (Å²) in [6, 6.07) is 5.85. The van der Waals surface area contributed by atoms with Crippen molar-refractivity contribution in [3.63, 3.8) is 0 Å². The number of carbonyl (C=O) groups is 1. The van der Waals surface area contributed by atoms with Crippen molar-refractivity contribution in [3.05, 3.63) is 45.6 Å². The predicted octanol–water partition coefficient (Wildman–Crippen LogP) is 6.07. The number of ether oxygens (including phenoxy) is 1. The fourth-order valence-electron chi connectivity index (χ4n) is 6.35. The van der Waals surface area contributed by atoms with Crippen molar-refractivity contribution in [1.82, 2.24) is 14.9 Å². The minimum Gasteiger partial charge on any atom is -0.481 e. The van der Waals surface area contributed by atoms with E-state index in [-0.39, 0.29) is 12.1 Å². The predicted molar refractivity (Wildman–Crippen MR) is 155 cm³/mol. The van der Waals surface area contributed by atoms with Crippen molar-refractivity contribution in [2.75, 3.05) is 43.5 Å². The summed E-state index contributed by atoms with van der Waals surface area (Å²) >= 11 is 12.6. The average Bonchev–Trinajstić information content (AvgIpc) is 2.85. The van der Waals surface area contributed by atoms with E-state index in [1.165, 1.54) is 12.8 Å². The highest BCUT2D eigenvalue weighted by Crippen LogP contribution is 2.45. The zero-order chi connectivity index (χ0) is 27.9. The molecule has 0 radical (unpaired) electrons. The van der Waals surface area contributed by atoms with Gasteiger partial charge in [0.1, 0.15) is 5.82 Å². The standard InChI is InChI=1S/C29H39Cl2N5O3/c1-17(23-8-7-21(30)10-25(23)31)33-26-24(18(2)39-4)13-32-28(34-26)36-15-20(16-36)19-6-5-9-35(14-19)22-11-29(3,12-22)27(37)38/h7-8,10,13,17-20,22H,5-6,9,11-12,14-16H2,1-4H3,(H,37,38)(H,32,33,34)/t17-,18?,19+,22-,29-/m1/s1. The van der Waals surface area contributed by atoms with Crippen molar-refractivity contribution >= 4 is 40.9 Å². The van der Waals surface area contributed by atoms with Crippen LogP contribution in [0.5, 0.6) is 0 Å². The molecule has 2 saturated heterocycles. The Kier molecular flexibility index (Phi) is 8.30. The van der Waals surface area contributed by atoms with E-state index < -0.39 is 11.4 Å². The van der Waals surface area contributed by atoms with Crippen LogP contribution < -0.4 is 10.2 Å². The third-order valence-corrected chi connectivity index (χ3v) is 9.69. The Morgan fingerprint density at radius 3 is 2.59 bits per heavy atom. The summed E-state index contributed by atoms with van der Waals surface area (Å²) in [5.41, 5.74) is 1.29. The Balaban J connectivity index is 1.23. The van der Waals surface area contributed by atoms with Crippen LogP contribution >= 0.6 is 23.2 Å². The van der Waals surface area contributed by atoms with Crippen LogP contribution in [-0.2, 0) is 9.53 Å². The van der Waals surface area contributed by atoms with E-state index in [1.807, 2.05) is 39.1 Å². The van der Waals surface area contributed by atoms with Crippen LogP contribution in [0.25, 0.3) is 0 Å². The van der Waals surface area contributed by atoms with Crippen LogP contribution in [0.1, 0.15) is 69.7 Å². The van der Waals surface area contributed by atoms with Gasteiger partial charge < -0.3 is 25.0 Å². The minimum atomic E-state index is -0.660. The summed E-state index contributed by atoms with van der Waals surface area (Å²) in [5, 5.41) is 14.2. The van der Waals surface area contributed by atoms with Gasteiger partial charge in [0.2, 0.25) is 5.95 Å². The fourth-order valence-corrected chi connectivity index (χ4v) is 6.93. The Labute approximate surface area is 241 Å². The van der Waals surface area contributed by atoms with Crippen molar-refractivity contribution < 1.29 is 14.6 Å². The van der Waals surface area contributed by atoms with Gasteiger partial charge in [0.15, 0.2) is 0 Å². The minimum absolute atomic E-state index is 0.0906. The number of carboxylic acid groups (broad SMARTS) is 1. The second kappa shape index (κ2) is 11.4. The van der Waals surface area contributed by atoms with E-state index >= 15 is 0 Å². The lowest BCUT2D eigenvalue weighted by molar-refractivity contribution is -0.158. The number of hydrogen-bond acceptors (Lipinski definition) is 7. The summed E-state index contributed by atoms with van der Waals surface area (Å²) in [6.07, 6.45) is 5.64. The molecule has 3 heterocycles. The highest BCUT2D eigenvalue weighted by atomic mass is 35.5. The summed E-state index contributed by atoms with van der Waals surface area (Å²) in [4.78, 5) is 26.0. The molecule has 1 aromatic carbocycles. The largest absolute Gasteiger partial charge is 0.481 e. The highest BCUT2D eigenvalue weighted by molar-refractivity contribution is 6.35. The van der Waals surface area contributed by atoms with Gasteiger partial charge in [0, 0.05) is 54.6 Å². The second-order valence-electron chi connectivity index (χ2n) is 11.9. The van der Waals surface area contributed by atoms with Crippen LogP contribution in [0, 0.1) is 17.3 Å². The molecule has 3 fully saturated rings. The normalized spacial score (nSPS) is 27.4. The first-order valence-electron chi connectivity index (χ1n) is 13.9. The van der Waals surface area contributed by atoms with Crippen molar-refractivity contribution in [2.45, 2.75) is 64.6 Å². The van der Waals surface area contributed by atoms with Crippen molar-refractivity contribution in [3.8, 4) is 0 Å². The molecule has 1 aliphatic carbocycles. The third kappa shape index (κ3) is 5.85. The number of piperidine rings is 1. The SMILES string of the molecule is COC(C)c1cnc(N2CC([C@H]3CCCN([C@H]4C[C@](C)(C(=O)O)C4)C3)C2)nc1N[C@H](C)c1ccc(Cl)cc1Cl. The van der Waals surface area contributed by atoms with Gasteiger partial charge in [-0.05, 0) is 82.5 Å². The molecule has 39 heavy (non-hydrogen) atoms. The smallest absolute Gasteiger partial charge is 0.309 e. The first kappa shape index (κ1) is 28.4. The number of rotatable bonds is 9. The molecule has 3 aliphatic rings. The number of benzene rings is 1. The number of hydrogen-bond donors (Lipinski definition) is 2. The number of aromatic nitrogens is 2. The average molecular weight is 577 g/mol. The van der Waals surface area contributed by atoms with Gasteiger partial charge in [-0.1, -0.05) is 29.3 Å². The summed E-state index contributed by atoms with van der Waals surface area (Å²) in [7, 11) is 1.68. The Morgan fingerprint density at radius 1 is 1.18 bits per heavy atom. The molecule has 1 unspecified atom stereocenters. The molecule has 2 N–H and O–H groups in total. The lowest BCUT2D eigenvalue weighted by Crippen LogP contribution is -2.58. The van der Waals surface area contributed by atoms with E-state index in [2.05, 4.69) is 15.1 Å². The number of halogens is 2. The van der Waals surface area contributed by atoms with Gasteiger partial charge in [0.05, 0.1) is 17.6 Å². The van der Waals surface area contributed by atoms with Gasteiger partial charge in [0.25, 0.3) is 0 Å². The van der Waals surface area contributed by atoms with Gasteiger partial charge in [-0.25, -0.2) is 4.98 Å². The molecule has 0 amide bonds. The number of methoxy groups -OCH3 is 1. The van der Waals surface area contributed by atoms with Crippen LogP contribution in [0.3, 0.4) is 0 Å². The lowest BCUT2D eigenvalue weighted by atomic mass is 9.65. The maximum Gasteiger partial charge on any atom is 0.309 e. The third-order valence-electron chi connectivity index (χ3n) is 9.13. The molecule has 5 rings (SSSR count). The molecule has 2 aromatic rings. The molecule has 0 spiro atoms. The van der Waals surface area contributed by atoms with Gasteiger partial charge in [-0.2, -0.15) is 4.98 Å². The number of nitrogens with zero attached hydrogens (tertiary/aromatic N) is 4. The van der Waals surface area contributed by atoms with Gasteiger partial charge in [-0.3, -0.25) is 4.79 Å². The number of anilines is 2. The van der Waals surface area contributed by atoms with Crippen molar-refractivity contribution in [2.24, 2.45) is 17.3 Å². The maximum atomic E-state index is 11.5. The first-order valence-corrected chi connectivity index (χ1v) is 14.7. The zero-order valence-corrected chi connectivity index (χ0v) is 24.7. The molecule has 2 aliphatic heterocycles. The number of carboxylic acids is 1. The van der Waals surface area contributed by atoms with E-state index in [0.717, 1.165) is 61.9 Å². The maximum absolute atomic E-state index is 11.5. The zero-order valence-electron chi connectivity index (χ0n) is 23.2. The molecule has 0 bridgehead atoms. The van der Waals surface area contributed by atoms with Crippen LogP contribution in [0.15, 0.2) is 24.4 Å². The molecular weight excluding hydrogens is 537 g/mol. The molecule has 212 valence electrons. The van der Waals surface area contributed by atoms with E-state index in [1.54, 1.807) is 13.2 Å². The van der Waals surface area contributed by atoms with Crippen LogP contribution in [0.4, 0.5) is 11.8 Å². The Hall–Kier alpha value is -2.13. The molecule has 3 atom stereocenters. The van der Waals surface area contributed by atoms with E-state index in [9.17, 15) is 9.90 Å². The van der Waals surface area contributed by atoms with Gasteiger partial charge >= 0.3 is 5.97 Å². The quantitative estimate of drug-likeness (QED) is 0.372. The fraction of sp³-hybridized carbons (Fsp3) is 0.621. The summed E-state index contributed by atoms with van der Waals surface area (Å²) in [5.74, 6) is 2.03. The topological polar surface area (TPSA) is 90.8 Å². The summed E-state index contributed by atoms with van der Waals surface area (Å²) < 4.78 is 5.60. The Bertz CT molecular complexity index is 1200. The van der Waals surface area contributed by atoms with E-state index in [0.29, 0.717) is 27.9 Å². The van der Waals surface area contributed by atoms with Gasteiger partial charge in [-0.15, -0.1) is 0 Å². The number of nitrogens with one attached hydrogen (secondary N) is 1. The van der Waals surface area contributed by atoms with Crippen LogP contribution in [0.2, 0.25) is 10.0 Å². The lowest BCUT2D eigenvalue weighted by Gasteiger charge is -2.52. The second-order valence-corrected chi connectivity index (χ2v) is 12.7. The monoisotopic (exact) mass is 575 g/mol. The molecular formula is C29H39Cl2N5O3.